The molecule has 0 atom stereocenters. The van der Waals surface area contributed by atoms with Crippen LogP contribution >= 0.6 is 0 Å². The molecule has 304 valence electrons. The molecule has 12 aromatic rings. The molecule has 0 aliphatic heterocycles. The summed E-state index contributed by atoms with van der Waals surface area (Å²) >= 11 is 0. The van der Waals surface area contributed by atoms with Gasteiger partial charge < -0.3 is 4.42 Å². The first-order valence-electron chi connectivity index (χ1n) is 21.8. The molecule has 0 fully saturated rings. The number of furan rings is 1. The summed E-state index contributed by atoms with van der Waals surface area (Å²) in [6.45, 7) is 0. The lowest BCUT2D eigenvalue weighted by molar-refractivity contribution is 0.670. The van der Waals surface area contributed by atoms with Crippen molar-refractivity contribution in [3.63, 3.8) is 0 Å². The second-order valence-electron chi connectivity index (χ2n) is 16.2. The molecule has 0 unspecified atom stereocenters. The normalized spacial score (nSPS) is 11.4. The van der Waals surface area contributed by atoms with Crippen molar-refractivity contribution in [2.24, 2.45) is 0 Å². The third-order valence-corrected chi connectivity index (χ3v) is 12.2. The Kier molecular flexibility index (Phi) is 9.42. The number of pyridine rings is 1. The van der Waals surface area contributed by atoms with E-state index in [1.54, 1.807) is 6.20 Å². The summed E-state index contributed by atoms with van der Waals surface area (Å²) in [4.78, 5) is 20.2. The van der Waals surface area contributed by atoms with Crippen molar-refractivity contribution in [1.29, 1.82) is 0 Å². The Labute approximate surface area is 376 Å². The van der Waals surface area contributed by atoms with Gasteiger partial charge in [0.15, 0.2) is 17.5 Å². The molecule has 12 rings (SSSR count). The van der Waals surface area contributed by atoms with Gasteiger partial charge in [0.2, 0.25) is 0 Å². The van der Waals surface area contributed by atoms with E-state index in [4.69, 9.17) is 24.4 Å². The van der Waals surface area contributed by atoms with Gasteiger partial charge in [0, 0.05) is 33.7 Å². The minimum absolute atomic E-state index is 0.489. The standard InChI is InChI=1S/C60H38N4O/c1-5-17-39(18-6-1)47-36-50(41-21-9-3-10-22-41)55(43-23-11-4-12-24-43)51(37-47)42-28-30-44(31-29-42)58-62-59(64-60(63-58)53-27-15-16-34-61-53)49-33-32-48(40-19-7-2-8-20-40)57-56(49)52-35-45-25-13-14-26-46(45)38-54(52)65-57/h1-38H. The molecule has 0 amide bonds. The van der Waals surface area contributed by atoms with Crippen molar-refractivity contribution in [3.8, 4) is 89.9 Å². The van der Waals surface area contributed by atoms with Crippen LogP contribution in [0.15, 0.2) is 235 Å². The Bertz CT molecular complexity index is 3670. The first-order chi connectivity index (χ1) is 32.2. The third kappa shape index (κ3) is 7.02. The van der Waals surface area contributed by atoms with Gasteiger partial charge in [-0.05, 0) is 109 Å². The minimum Gasteiger partial charge on any atom is -0.455 e. The summed E-state index contributed by atoms with van der Waals surface area (Å²) < 4.78 is 6.82. The highest BCUT2D eigenvalue weighted by Crippen LogP contribution is 2.45. The van der Waals surface area contributed by atoms with E-state index in [1.165, 1.54) is 11.1 Å². The van der Waals surface area contributed by atoms with E-state index in [0.29, 0.717) is 23.2 Å². The summed E-state index contributed by atoms with van der Waals surface area (Å²) in [5, 5.41) is 4.20. The van der Waals surface area contributed by atoms with Crippen molar-refractivity contribution in [3.05, 3.63) is 231 Å². The van der Waals surface area contributed by atoms with E-state index in [2.05, 4.69) is 200 Å². The van der Waals surface area contributed by atoms with Crippen LogP contribution in [0.2, 0.25) is 0 Å². The average molecular weight is 831 g/mol. The molecule has 0 N–H and O–H groups in total. The highest BCUT2D eigenvalue weighted by Gasteiger charge is 2.22. The zero-order valence-corrected chi connectivity index (χ0v) is 35.1. The molecule has 0 aliphatic rings. The smallest absolute Gasteiger partial charge is 0.182 e. The van der Waals surface area contributed by atoms with E-state index in [1.807, 2.05) is 24.3 Å². The van der Waals surface area contributed by atoms with Crippen molar-refractivity contribution < 1.29 is 4.42 Å². The van der Waals surface area contributed by atoms with Crippen LogP contribution in [-0.4, -0.2) is 19.9 Å². The number of nitrogens with zero attached hydrogens (tertiary/aromatic N) is 4. The van der Waals surface area contributed by atoms with E-state index < -0.39 is 0 Å². The number of aromatic nitrogens is 4. The summed E-state index contributed by atoms with van der Waals surface area (Å²) in [6.07, 6.45) is 1.77. The van der Waals surface area contributed by atoms with Crippen molar-refractivity contribution in [1.82, 2.24) is 19.9 Å². The lowest BCUT2D eigenvalue weighted by atomic mass is 9.84. The summed E-state index contributed by atoms with van der Waals surface area (Å²) in [6, 6.07) is 78.4. The molecular formula is C60H38N4O. The van der Waals surface area contributed by atoms with Gasteiger partial charge in [0.1, 0.15) is 16.9 Å². The number of benzene rings is 9. The molecule has 0 bridgehead atoms. The predicted octanol–water partition coefficient (Wildman–Crippen LogP) is 15.7. The van der Waals surface area contributed by atoms with Gasteiger partial charge in [-0.2, -0.15) is 0 Å². The Morgan fingerprint density at radius 3 is 1.48 bits per heavy atom. The van der Waals surface area contributed by atoms with Gasteiger partial charge in [-0.15, -0.1) is 0 Å². The predicted molar refractivity (Wildman–Crippen MR) is 266 cm³/mol. The Hall–Kier alpha value is -8.80. The van der Waals surface area contributed by atoms with Crippen LogP contribution in [0.1, 0.15) is 0 Å². The molecule has 0 saturated heterocycles. The molecule has 5 heteroatoms. The molecule has 9 aromatic carbocycles. The maximum Gasteiger partial charge on any atom is 0.182 e. The molecule has 65 heavy (non-hydrogen) atoms. The first-order valence-corrected chi connectivity index (χ1v) is 21.8. The van der Waals surface area contributed by atoms with Crippen LogP contribution in [-0.2, 0) is 0 Å². The zero-order chi connectivity index (χ0) is 43.1. The fraction of sp³-hybridized carbons (Fsp3) is 0. The van der Waals surface area contributed by atoms with Crippen LogP contribution in [0, 0.1) is 0 Å². The molecule has 0 radical (unpaired) electrons. The molecule has 0 spiro atoms. The first kappa shape index (κ1) is 37.9. The molecule has 5 nitrogen and oxygen atoms in total. The number of fused-ring (bicyclic) bond motifs is 4. The SMILES string of the molecule is c1ccc(-c2cc(-c3ccccc3)c(-c3ccccc3)c(-c3ccc(-c4nc(-c5ccccn5)nc(-c5ccc(-c6ccccc6)c6oc7cc8ccccc8cc7c56)n4)cc3)c2)cc1. The highest BCUT2D eigenvalue weighted by molar-refractivity contribution is 6.18. The molecule has 3 aromatic heterocycles. The van der Waals surface area contributed by atoms with Crippen molar-refractivity contribution in [2.45, 2.75) is 0 Å². The fourth-order valence-electron chi connectivity index (χ4n) is 9.06. The zero-order valence-electron chi connectivity index (χ0n) is 35.1. The van der Waals surface area contributed by atoms with Gasteiger partial charge >= 0.3 is 0 Å². The van der Waals surface area contributed by atoms with Crippen LogP contribution < -0.4 is 0 Å². The number of hydrogen-bond donors (Lipinski definition) is 0. The Morgan fingerprint density at radius 1 is 0.323 bits per heavy atom. The quantitative estimate of drug-likeness (QED) is 0.153. The fourth-order valence-corrected chi connectivity index (χ4v) is 9.06. The number of hydrogen-bond acceptors (Lipinski definition) is 5. The molecule has 0 saturated carbocycles. The van der Waals surface area contributed by atoms with E-state index in [-0.39, 0.29) is 0 Å². The van der Waals surface area contributed by atoms with E-state index in [9.17, 15) is 0 Å². The maximum atomic E-state index is 6.82. The summed E-state index contributed by atoms with van der Waals surface area (Å²) in [5.41, 5.74) is 15.2. The monoisotopic (exact) mass is 830 g/mol. The summed E-state index contributed by atoms with van der Waals surface area (Å²) in [5.74, 6) is 1.57. The minimum atomic E-state index is 0.489. The van der Waals surface area contributed by atoms with Gasteiger partial charge in [-0.3, -0.25) is 4.98 Å². The van der Waals surface area contributed by atoms with Crippen LogP contribution in [0.4, 0.5) is 0 Å². The molecule has 0 aliphatic carbocycles. The average Bonchev–Trinajstić information content (AvgIpc) is 3.76. The Balaban J connectivity index is 1.05. The highest BCUT2D eigenvalue weighted by atomic mass is 16.3. The molecule has 3 heterocycles. The largest absolute Gasteiger partial charge is 0.455 e. The van der Waals surface area contributed by atoms with Crippen molar-refractivity contribution in [2.75, 3.05) is 0 Å². The van der Waals surface area contributed by atoms with E-state index in [0.717, 1.165) is 88.3 Å². The van der Waals surface area contributed by atoms with Crippen molar-refractivity contribution >= 4 is 32.7 Å². The lowest BCUT2D eigenvalue weighted by Crippen LogP contribution is -2.01. The van der Waals surface area contributed by atoms with Crippen LogP contribution in [0.25, 0.3) is 123 Å². The van der Waals surface area contributed by atoms with Gasteiger partial charge in [-0.1, -0.05) is 176 Å². The second-order valence-corrected chi connectivity index (χ2v) is 16.2. The topological polar surface area (TPSA) is 64.7 Å². The van der Waals surface area contributed by atoms with Gasteiger partial charge in [0.25, 0.3) is 0 Å². The number of rotatable bonds is 8. The lowest BCUT2D eigenvalue weighted by Gasteiger charge is -2.19. The van der Waals surface area contributed by atoms with Crippen LogP contribution in [0.5, 0.6) is 0 Å². The maximum absolute atomic E-state index is 6.82. The molecular weight excluding hydrogens is 793 g/mol. The van der Waals surface area contributed by atoms with Crippen LogP contribution in [0.3, 0.4) is 0 Å². The van der Waals surface area contributed by atoms with Gasteiger partial charge in [-0.25, -0.2) is 15.0 Å². The second kappa shape index (κ2) is 16.2. The summed E-state index contributed by atoms with van der Waals surface area (Å²) in [7, 11) is 0. The van der Waals surface area contributed by atoms with E-state index >= 15 is 0 Å². The van der Waals surface area contributed by atoms with Gasteiger partial charge in [0.05, 0.1) is 0 Å². The Morgan fingerprint density at radius 2 is 0.831 bits per heavy atom. The third-order valence-electron chi connectivity index (χ3n) is 12.2.